The minimum absolute atomic E-state index is 0.00642. The monoisotopic (exact) mass is 564 g/mol. The Morgan fingerprint density at radius 1 is 0.938 bits per heavy atom. The molecule has 0 radical (unpaired) electrons. The summed E-state index contributed by atoms with van der Waals surface area (Å²) >= 11 is 8.41. The number of carboxylic acid groups (broad SMARTS) is 1. The smallest absolute Gasteiger partial charge is 0.307 e. The minimum atomic E-state index is -0.837. The van der Waals surface area contributed by atoms with Crippen molar-refractivity contribution < 1.29 is 19.4 Å². The van der Waals surface area contributed by atoms with E-state index in [1.165, 1.54) is 0 Å². The van der Waals surface area contributed by atoms with Crippen LogP contribution < -0.4 is 9.47 Å². The molecule has 0 spiro atoms. The van der Waals surface area contributed by atoms with E-state index >= 15 is 0 Å². The van der Waals surface area contributed by atoms with Gasteiger partial charge in [-0.05, 0) is 59.0 Å². The normalized spacial score (nSPS) is 10.7. The maximum Gasteiger partial charge on any atom is 0.307 e. The van der Waals surface area contributed by atoms with Gasteiger partial charge in [0, 0.05) is 21.4 Å². The van der Waals surface area contributed by atoms with Crippen molar-refractivity contribution in [1.82, 2.24) is 0 Å². The van der Waals surface area contributed by atoms with Crippen molar-refractivity contribution in [1.29, 1.82) is 0 Å². The van der Waals surface area contributed by atoms with E-state index in [9.17, 15) is 4.79 Å². The molecule has 0 bridgehead atoms. The summed E-state index contributed by atoms with van der Waals surface area (Å²) in [7, 11) is 0. The van der Waals surface area contributed by atoms with Crippen LogP contribution >= 0.6 is 34.2 Å². The lowest BCUT2D eigenvalue weighted by Crippen LogP contribution is -2.06. The Morgan fingerprint density at radius 2 is 1.66 bits per heavy atom. The van der Waals surface area contributed by atoms with Gasteiger partial charge in [0.25, 0.3) is 0 Å². The first-order chi connectivity index (χ1) is 15.5. The molecule has 3 aromatic rings. The molecule has 0 aliphatic rings. The molecule has 1 N–H and O–H groups in total. The molecule has 0 saturated carbocycles. The number of carboxylic acids is 1. The zero-order valence-electron chi connectivity index (χ0n) is 17.9. The first-order valence-corrected chi connectivity index (χ1v) is 12.4. The van der Waals surface area contributed by atoms with E-state index in [-0.39, 0.29) is 6.42 Å². The molecule has 0 saturated heterocycles. The molecule has 3 aromatic carbocycles. The number of hydrogen-bond acceptors (Lipinski definition) is 3. The summed E-state index contributed by atoms with van der Waals surface area (Å²) in [6.45, 7) is 3.24. The fraction of sp³-hybridized carbons (Fsp3) is 0.269. The maximum absolute atomic E-state index is 11.1. The summed E-state index contributed by atoms with van der Waals surface area (Å²) in [6.07, 6.45) is 1.62. The lowest BCUT2D eigenvalue weighted by Gasteiger charge is -2.15. The van der Waals surface area contributed by atoms with Crippen LogP contribution in [0.15, 0.2) is 60.7 Å². The topological polar surface area (TPSA) is 55.8 Å². The molecule has 0 aliphatic carbocycles. The SMILES string of the molecule is CCCOc1ccc(-c2cccc(CC(=O)O)c2)cc1CCOc1ccc(Cl)cc1CI. The number of benzene rings is 3. The Bertz CT molecular complexity index is 1070. The van der Waals surface area contributed by atoms with Gasteiger partial charge in [0.2, 0.25) is 0 Å². The maximum atomic E-state index is 11.1. The number of hydrogen-bond donors (Lipinski definition) is 1. The minimum Gasteiger partial charge on any atom is -0.493 e. The highest BCUT2D eigenvalue weighted by molar-refractivity contribution is 14.1. The third-order valence-corrected chi connectivity index (χ3v) is 5.99. The van der Waals surface area contributed by atoms with Crippen LogP contribution in [-0.2, 0) is 22.1 Å². The van der Waals surface area contributed by atoms with Gasteiger partial charge in [-0.2, -0.15) is 0 Å². The van der Waals surface area contributed by atoms with Crippen LogP contribution in [0.1, 0.15) is 30.0 Å². The number of halogens is 2. The van der Waals surface area contributed by atoms with Crippen LogP contribution in [0.5, 0.6) is 11.5 Å². The molecule has 0 fully saturated rings. The van der Waals surface area contributed by atoms with Crippen molar-refractivity contribution >= 4 is 40.2 Å². The van der Waals surface area contributed by atoms with Crippen LogP contribution in [0.25, 0.3) is 11.1 Å². The summed E-state index contributed by atoms with van der Waals surface area (Å²) < 4.78 is 12.9. The molecule has 0 amide bonds. The fourth-order valence-electron chi connectivity index (χ4n) is 3.41. The second-order valence-electron chi connectivity index (χ2n) is 7.43. The first-order valence-electron chi connectivity index (χ1n) is 10.5. The van der Waals surface area contributed by atoms with Gasteiger partial charge < -0.3 is 14.6 Å². The molecule has 6 heteroatoms. The van der Waals surface area contributed by atoms with Crippen LogP contribution in [0.2, 0.25) is 5.02 Å². The number of carbonyl (C=O) groups is 1. The lowest BCUT2D eigenvalue weighted by molar-refractivity contribution is -0.136. The average Bonchev–Trinajstić information content (AvgIpc) is 2.78. The lowest BCUT2D eigenvalue weighted by atomic mass is 9.98. The molecule has 0 aromatic heterocycles. The molecule has 168 valence electrons. The van der Waals surface area contributed by atoms with E-state index < -0.39 is 5.97 Å². The summed E-state index contributed by atoms with van der Waals surface area (Å²) in [5.41, 5.74) is 4.92. The highest BCUT2D eigenvalue weighted by Gasteiger charge is 2.10. The molecular formula is C26H26ClIO4. The molecule has 4 nitrogen and oxygen atoms in total. The number of alkyl halides is 1. The van der Waals surface area contributed by atoms with Crippen LogP contribution in [-0.4, -0.2) is 24.3 Å². The molecule has 3 rings (SSSR count). The third kappa shape index (κ3) is 6.87. The number of aliphatic carboxylic acids is 1. The van der Waals surface area contributed by atoms with Crippen LogP contribution in [0.3, 0.4) is 0 Å². The van der Waals surface area contributed by atoms with Crippen molar-refractivity contribution in [3.05, 3.63) is 82.4 Å². The number of ether oxygens (including phenoxy) is 2. The molecule has 32 heavy (non-hydrogen) atoms. The van der Waals surface area contributed by atoms with Crippen LogP contribution in [0.4, 0.5) is 0 Å². The Hall–Kier alpha value is -2.25. The standard InChI is InChI=1S/C26H26ClIO4/c1-2-11-31-24-8-6-20(19-5-3-4-18(13-19)14-26(29)30)15-21(24)10-12-32-25-9-7-23(27)16-22(25)17-28/h3-9,13,15-16H,2,10-12,14,17H2,1H3,(H,29,30). The van der Waals surface area contributed by atoms with Crippen molar-refractivity contribution in [2.75, 3.05) is 13.2 Å². The van der Waals surface area contributed by atoms with Gasteiger partial charge in [-0.25, -0.2) is 0 Å². The van der Waals surface area contributed by atoms with Crippen molar-refractivity contribution in [3.63, 3.8) is 0 Å². The summed E-state index contributed by atoms with van der Waals surface area (Å²) in [5, 5.41) is 9.80. The van der Waals surface area contributed by atoms with E-state index in [4.69, 9.17) is 26.2 Å². The fourth-order valence-corrected chi connectivity index (χ4v) is 4.20. The summed E-state index contributed by atoms with van der Waals surface area (Å²) in [6, 6.07) is 19.4. The predicted molar refractivity (Wildman–Crippen MR) is 137 cm³/mol. The highest BCUT2D eigenvalue weighted by Crippen LogP contribution is 2.29. The van der Waals surface area contributed by atoms with Gasteiger partial charge in [-0.1, -0.05) is 71.4 Å². The predicted octanol–water partition coefficient (Wildman–Crippen LogP) is 6.98. The molecule has 0 aliphatic heterocycles. The largest absolute Gasteiger partial charge is 0.493 e. The van der Waals surface area contributed by atoms with Gasteiger partial charge in [0.1, 0.15) is 11.5 Å². The van der Waals surface area contributed by atoms with Gasteiger partial charge in [0.05, 0.1) is 19.6 Å². The van der Waals surface area contributed by atoms with E-state index in [1.807, 2.05) is 54.6 Å². The second kappa shape index (κ2) is 12.1. The molecule has 0 atom stereocenters. The molecule has 0 unspecified atom stereocenters. The van der Waals surface area contributed by atoms with Crippen molar-refractivity contribution in [3.8, 4) is 22.6 Å². The van der Waals surface area contributed by atoms with Gasteiger partial charge in [0.15, 0.2) is 0 Å². The van der Waals surface area contributed by atoms with Crippen LogP contribution in [0, 0.1) is 0 Å². The van der Waals surface area contributed by atoms with Crippen molar-refractivity contribution in [2.24, 2.45) is 0 Å². The summed E-state index contributed by atoms with van der Waals surface area (Å²) in [5.74, 6) is 0.861. The number of rotatable bonds is 11. The zero-order valence-corrected chi connectivity index (χ0v) is 20.9. The Kier molecular flexibility index (Phi) is 9.23. The Morgan fingerprint density at radius 3 is 2.41 bits per heavy atom. The van der Waals surface area contributed by atoms with Gasteiger partial charge >= 0.3 is 5.97 Å². The first kappa shape index (κ1) is 24.4. The van der Waals surface area contributed by atoms with E-state index in [0.717, 1.165) is 50.2 Å². The average molecular weight is 565 g/mol. The van der Waals surface area contributed by atoms with E-state index in [1.54, 1.807) is 0 Å². The Balaban J connectivity index is 1.81. The van der Waals surface area contributed by atoms with E-state index in [0.29, 0.717) is 24.7 Å². The highest BCUT2D eigenvalue weighted by atomic mass is 127. The zero-order chi connectivity index (χ0) is 22.9. The van der Waals surface area contributed by atoms with Crippen molar-refractivity contribution in [2.45, 2.75) is 30.6 Å². The Labute approximate surface area is 207 Å². The summed E-state index contributed by atoms with van der Waals surface area (Å²) in [4.78, 5) is 11.1. The molecular weight excluding hydrogens is 539 g/mol. The quantitative estimate of drug-likeness (QED) is 0.202. The third-order valence-electron chi connectivity index (χ3n) is 4.93. The second-order valence-corrected chi connectivity index (χ2v) is 8.63. The van der Waals surface area contributed by atoms with E-state index in [2.05, 4.69) is 35.6 Å². The van der Waals surface area contributed by atoms with Gasteiger partial charge in [-0.3, -0.25) is 4.79 Å². The molecule has 0 heterocycles. The van der Waals surface area contributed by atoms with Gasteiger partial charge in [-0.15, -0.1) is 0 Å².